The van der Waals surface area contributed by atoms with E-state index >= 15 is 0 Å². The monoisotopic (exact) mass is 255 g/mol. The van der Waals surface area contributed by atoms with Gasteiger partial charge in [0, 0.05) is 12.4 Å². The van der Waals surface area contributed by atoms with Crippen molar-refractivity contribution in [3.05, 3.63) is 0 Å². The third-order valence-electron chi connectivity index (χ3n) is 2.69. The van der Waals surface area contributed by atoms with Gasteiger partial charge < -0.3 is 5.11 Å². The van der Waals surface area contributed by atoms with Crippen LogP contribution in [0.2, 0.25) is 0 Å². The molecule has 15 heavy (non-hydrogen) atoms. The summed E-state index contributed by atoms with van der Waals surface area (Å²) in [5.74, 6) is 0.339. The lowest BCUT2D eigenvalue weighted by atomic mass is 9.87. The first kappa shape index (κ1) is 13.2. The number of alkyl halides is 1. The molecule has 2 unspecified atom stereocenters. The van der Waals surface area contributed by atoms with E-state index in [9.17, 15) is 13.5 Å². The number of halogens is 1. The summed E-state index contributed by atoms with van der Waals surface area (Å²) in [7, 11) is -3.21. The first-order chi connectivity index (χ1) is 7.03. The molecule has 0 radical (unpaired) electrons. The van der Waals surface area contributed by atoms with E-state index in [1.807, 2.05) is 0 Å². The number of hydrogen-bond acceptors (Lipinski definition) is 3. The minimum Gasteiger partial charge on any atom is -0.393 e. The number of aliphatic hydroxyl groups is 1. The second-order valence-corrected chi connectivity index (χ2v) is 6.35. The van der Waals surface area contributed by atoms with Crippen molar-refractivity contribution in [1.29, 1.82) is 0 Å². The molecule has 0 aromatic rings. The lowest BCUT2D eigenvalue weighted by Crippen LogP contribution is -2.34. The van der Waals surface area contributed by atoms with E-state index in [-0.39, 0.29) is 23.7 Å². The summed E-state index contributed by atoms with van der Waals surface area (Å²) in [6.07, 6.45) is 3.24. The highest BCUT2D eigenvalue weighted by atomic mass is 35.5. The molecule has 0 heterocycles. The van der Waals surface area contributed by atoms with Gasteiger partial charge in [-0.25, -0.2) is 13.1 Å². The van der Waals surface area contributed by atoms with Crippen LogP contribution in [0.25, 0.3) is 0 Å². The molecule has 1 aliphatic carbocycles. The third-order valence-corrected chi connectivity index (χ3v) is 4.45. The van der Waals surface area contributed by atoms with E-state index in [1.165, 1.54) is 0 Å². The molecule has 1 aliphatic rings. The standard InChI is InChI=1S/C9H18ClNO3S/c10-4-5-15(13,14)11-7-8-2-1-3-9(12)6-8/h8-9,11-12H,1-7H2. The van der Waals surface area contributed by atoms with Crippen molar-refractivity contribution in [3.8, 4) is 0 Å². The molecule has 0 spiro atoms. The van der Waals surface area contributed by atoms with Gasteiger partial charge in [-0.05, 0) is 25.2 Å². The molecule has 4 nitrogen and oxygen atoms in total. The van der Waals surface area contributed by atoms with Crippen LogP contribution in [0.4, 0.5) is 0 Å². The fourth-order valence-electron chi connectivity index (χ4n) is 1.87. The van der Waals surface area contributed by atoms with Crippen molar-refractivity contribution in [2.24, 2.45) is 5.92 Å². The van der Waals surface area contributed by atoms with Gasteiger partial charge in [-0.15, -0.1) is 11.6 Å². The third kappa shape index (κ3) is 5.15. The zero-order valence-electron chi connectivity index (χ0n) is 8.65. The van der Waals surface area contributed by atoms with E-state index in [0.717, 1.165) is 19.3 Å². The molecule has 2 N–H and O–H groups in total. The number of hydrogen-bond donors (Lipinski definition) is 2. The van der Waals surface area contributed by atoms with Crippen LogP contribution in [0.5, 0.6) is 0 Å². The Labute approximate surface area is 96.1 Å². The molecular formula is C9H18ClNO3S. The van der Waals surface area contributed by atoms with Crippen molar-refractivity contribution in [2.75, 3.05) is 18.2 Å². The topological polar surface area (TPSA) is 66.4 Å². The maximum atomic E-state index is 11.3. The number of sulfonamides is 1. The molecule has 0 bridgehead atoms. The molecule has 0 aromatic heterocycles. The molecule has 6 heteroatoms. The fourth-order valence-corrected chi connectivity index (χ4v) is 3.31. The quantitative estimate of drug-likeness (QED) is 0.711. The minimum absolute atomic E-state index is 0.0379. The smallest absolute Gasteiger partial charge is 0.212 e. The van der Waals surface area contributed by atoms with Crippen LogP contribution in [0.1, 0.15) is 25.7 Å². The molecule has 0 aromatic carbocycles. The van der Waals surface area contributed by atoms with Crippen molar-refractivity contribution >= 4 is 21.6 Å². The van der Waals surface area contributed by atoms with Gasteiger partial charge in [0.1, 0.15) is 0 Å². The van der Waals surface area contributed by atoms with Gasteiger partial charge in [0.2, 0.25) is 10.0 Å². The summed E-state index contributed by atoms with van der Waals surface area (Å²) in [5.41, 5.74) is 0. The highest BCUT2D eigenvalue weighted by Crippen LogP contribution is 2.23. The van der Waals surface area contributed by atoms with Gasteiger partial charge >= 0.3 is 0 Å². The van der Waals surface area contributed by atoms with Crippen molar-refractivity contribution < 1.29 is 13.5 Å². The lowest BCUT2D eigenvalue weighted by molar-refractivity contribution is 0.102. The molecule has 2 atom stereocenters. The minimum atomic E-state index is -3.21. The van der Waals surface area contributed by atoms with Crippen LogP contribution in [0, 0.1) is 5.92 Å². The molecular weight excluding hydrogens is 238 g/mol. The van der Waals surface area contributed by atoms with Crippen LogP contribution >= 0.6 is 11.6 Å². The van der Waals surface area contributed by atoms with Gasteiger partial charge in [-0.1, -0.05) is 6.42 Å². The Hall–Kier alpha value is 0.160. The highest BCUT2D eigenvalue weighted by Gasteiger charge is 2.21. The molecule has 1 rings (SSSR count). The first-order valence-corrected chi connectivity index (χ1v) is 7.43. The van der Waals surface area contributed by atoms with E-state index in [0.29, 0.717) is 13.0 Å². The van der Waals surface area contributed by atoms with E-state index in [4.69, 9.17) is 11.6 Å². The number of nitrogens with one attached hydrogen (secondary N) is 1. The summed E-state index contributed by atoms with van der Waals surface area (Å²) in [5, 5.41) is 9.41. The lowest BCUT2D eigenvalue weighted by Gasteiger charge is -2.25. The molecule has 0 saturated heterocycles. The zero-order valence-corrected chi connectivity index (χ0v) is 10.2. The molecule has 0 amide bonds. The van der Waals surface area contributed by atoms with Crippen LogP contribution in [0.15, 0.2) is 0 Å². The summed E-state index contributed by atoms with van der Waals surface area (Å²) >= 11 is 5.37. The molecule has 1 fully saturated rings. The summed E-state index contributed by atoms with van der Waals surface area (Å²) < 4.78 is 25.1. The maximum Gasteiger partial charge on any atom is 0.212 e. The SMILES string of the molecule is O=S(=O)(CCCl)NCC1CCCC(O)C1. The normalized spacial score (nSPS) is 27.9. The average Bonchev–Trinajstić information content (AvgIpc) is 2.15. The Kier molecular flexibility index (Phi) is 5.32. The molecule has 0 aliphatic heterocycles. The summed E-state index contributed by atoms with van der Waals surface area (Å²) in [6.45, 7) is 0.427. The predicted molar refractivity (Wildman–Crippen MR) is 60.5 cm³/mol. The Morgan fingerprint density at radius 2 is 2.13 bits per heavy atom. The first-order valence-electron chi connectivity index (χ1n) is 5.25. The van der Waals surface area contributed by atoms with E-state index in [1.54, 1.807) is 0 Å². The summed E-state index contributed by atoms with van der Waals surface area (Å²) in [4.78, 5) is 0. The Morgan fingerprint density at radius 3 is 2.73 bits per heavy atom. The van der Waals surface area contributed by atoms with Gasteiger partial charge in [-0.2, -0.15) is 0 Å². The molecule has 90 valence electrons. The van der Waals surface area contributed by atoms with Gasteiger partial charge in [-0.3, -0.25) is 0 Å². The maximum absolute atomic E-state index is 11.3. The fraction of sp³-hybridized carbons (Fsp3) is 1.00. The van der Waals surface area contributed by atoms with Gasteiger partial charge in [0.15, 0.2) is 0 Å². The van der Waals surface area contributed by atoms with Crippen molar-refractivity contribution in [1.82, 2.24) is 4.72 Å². The average molecular weight is 256 g/mol. The number of rotatable bonds is 5. The van der Waals surface area contributed by atoms with Crippen LogP contribution in [-0.4, -0.2) is 37.8 Å². The Bertz CT molecular complexity index is 281. The van der Waals surface area contributed by atoms with E-state index in [2.05, 4.69) is 4.72 Å². The zero-order chi connectivity index (χ0) is 11.3. The predicted octanol–water partition coefficient (Wildman–Crippen LogP) is 0.696. The summed E-state index contributed by atoms with van der Waals surface area (Å²) in [6, 6.07) is 0. The Morgan fingerprint density at radius 1 is 1.40 bits per heavy atom. The second-order valence-electron chi connectivity index (χ2n) is 4.04. The number of aliphatic hydroxyl groups excluding tert-OH is 1. The van der Waals surface area contributed by atoms with Gasteiger partial charge in [0.05, 0.1) is 11.9 Å². The highest BCUT2D eigenvalue weighted by molar-refractivity contribution is 7.89. The van der Waals surface area contributed by atoms with Crippen LogP contribution in [-0.2, 0) is 10.0 Å². The van der Waals surface area contributed by atoms with E-state index < -0.39 is 10.0 Å². The van der Waals surface area contributed by atoms with Gasteiger partial charge in [0.25, 0.3) is 0 Å². The molecule has 1 saturated carbocycles. The Balaban J connectivity index is 2.30. The van der Waals surface area contributed by atoms with Crippen molar-refractivity contribution in [2.45, 2.75) is 31.8 Å². The largest absolute Gasteiger partial charge is 0.393 e. The van der Waals surface area contributed by atoms with Crippen LogP contribution in [0.3, 0.4) is 0 Å². The second kappa shape index (κ2) is 6.03. The van der Waals surface area contributed by atoms with Crippen molar-refractivity contribution in [3.63, 3.8) is 0 Å². The van der Waals surface area contributed by atoms with Crippen LogP contribution < -0.4 is 4.72 Å².